The molecule has 0 aromatic rings. The average molecular weight is 184 g/mol. The van der Waals surface area contributed by atoms with Crippen molar-refractivity contribution in [2.24, 2.45) is 5.92 Å². The summed E-state index contributed by atoms with van der Waals surface area (Å²) in [7, 11) is 2.08. The first-order valence-corrected chi connectivity index (χ1v) is 5.64. The lowest BCUT2D eigenvalue weighted by molar-refractivity contribution is 0.306. The zero-order valence-electron chi connectivity index (χ0n) is 9.27. The maximum atomic E-state index is 3.60. The fraction of sp³-hybridized carbons (Fsp3) is 1.00. The summed E-state index contributed by atoms with van der Waals surface area (Å²) in [6, 6.07) is 1.43. The Bertz CT molecular complexity index is 128. The third-order valence-electron chi connectivity index (χ3n) is 3.13. The minimum Gasteiger partial charge on any atom is -0.317 e. The van der Waals surface area contributed by atoms with Crippen LogP contribution in [0.2, 0.25) is 0 Å². The van der Waals surface area contributed by atoms with Gasteiger partial charge < -0.3 is 10.6 Å². The quantitative estimate of drug-likeness (QED) is 0.696. The highest BCUT2D eigenvalue weighted by Gasteiger charge is 2.19. The summed E-state index contributed by atoms with van der Waals surface area (Å²) in [6.07, 6.45) is 5.42. The van der Waals surface area contributed by atoms with Gasteiger partial charge in [0.25, 0.3) is 0 Å². The van der Waals surface area contributed by atoms with E-state index in [1.165, 1.54) is 32.2 Å². The molecule has 78 valence electrons. The van der Waals surface area contributed by atoms with Gasteiger partial charge in [0, 0.05) is 12.1 Å². The van der Waals surface area contributed by atoms with Gasteiger partial charge in [-0.3, -0.25) is 0 Å². The second-order valence-electron chi connectivity index (χ2n) is 4.52. The molecule has 0 amide bonds. The van der Waals surface area contributed by atoms with Crippen LogP contribution in [0.3, 0.4) is 0 Å². The maximum Gasteiger partial charge on any atom is 0.0102 e. The van der Waals surface area contributed by atoms with Gasteiger partial charge in [0.05, 0.1) is 0 Å². The van der Waals surface area contributed by atoms with E-state index < -0.39 is 0 Å². The van der Waals surface area contributed by atoms with Crippen molar-refractivity contribution in [2.75, 3.05) is 13.6 Å². The van der Waals surface area contributed by atoms with E-state index in [9.17, 15) is 0 Å². The Morgan fingerprint density at radius 1 is 1.38 bits per heavy atom. The van der Waals surface area contributed by atoms with Gasteiger partial charge in [0.2, 0.25) is 0 Å². The van der Waals surface area contributed by atoms with Crippen LogP contribution in [0.15, 0.2) is 0 Å². The lowest BCUT2D eigenvalue weighted by atomic mass is 9.92. The van der Waals surface area contributed by atoms with Crippen molar-refractivity contribution < 1.29 is 0 Å². The first kappa shape index (κ1) is 11.0. The number of hydrogen-bond acceptors (Lipinski definition) is 2. The molecule has 2 N–H and O–H groups in total. The molecule has 0 radical (unpaired) electrons. The first-order chi connectivity index (χ1) is 6.24. The summed E-state index contributed by atoms with van der Waals surface area (Å²) in [5.74, 6) is 0.744. The molecule has 1 heterocycles. The summed E-state index contributed by atoms with van der Waals surface area (Å²) >= 11 is 0. The van der Waals surface area contributed by atoms with Gasteiger partial charge in [-0.2, -0.15) is 0 Å². The van der Waals surface area contributed by atoms with Crippen LogP contribution in [0.4, 0.5) is 0 Å². The number of hydrogen-bond donors (Lipinski definition) is 2. The van der Waals surface area contributed by atoms with Crippen molar-refractivity contribution >= 4 is 0 Å². The van der Waals surface area contributed by atoms with E-state index in [0.717, 1.165) is 12.0 Å². The summed E-state index contributed by atoms with van der Waals surface area (Å²) in [4.78, 5) is 0. The van der Waals surface area contributed by atoms with E-state index in [-0.39, 0.29) is 0 Å². The third kappa shape index (κ3) is 3.65. The molecule has 0 aromatic heterocycles. The number of piperidine rings is 1. The monoisotopic (exact) mass is 184 g/mol. The lowest BCUT2D eigenvalue weighted by Crippen LogP contribution is -2.42. The average Bonchev–Trinajstić information content (AvgIpc) is 2.15. The molecule has 1 fully saturated rings. The SMILES string of the molecule is CNC(CC1CCCCN1)C(C)C. The lowest BCUT2D eigenvalue weighted by Gasteiger charge is -2.29. The smallest absolute Gasteiger partial charge is 0.0102 e. The topological polar surface area (TPSA) is 24.1 Å². The minimum absolute atomic E-state index is 0.676. The molecule has 2 heteroatoms. The Kier molecular flexibility index (Phi) is 4.74. The molecule has 2 nitrogen and oxygen atoms in total. The zero-order valence-corrected chi connectivity index (χ0v) is 9.27. The second-order valence-corrected chi connectivity index (χ2v) is 4.52. The van der Waals surface area contributed by atoms with Gasteiger partial charge in [-0.05, 0) is 38.8 Å². The van der Waals surface area contributed by atoms with Crippen molar-refractivity contribution in [2.45, 2.75) is 51.6 Å². The van der Waals surface area contributed by atoms with Gasteiger partial charge in [-0.15, -0.1) is 0 Å². The van der Waals surface area contributed by atoms with Gasteiger partial charge in [0.1, 0.15) is 0 Å². The minimum atomic E-state index is 0.676. The van der Waals surface area contributed by atoms with E-state index >= 15 is 0 Å². The Morgan fingerprint density at radius 2 is 2.15 bits per heavy atom. The fourth-order valence-electron chi connectivity index (χ4n) is 2.16. The second kappa shape index (κ2) is 5.61. The molecule has 0 bridgehead atoms. The first-order valence-electron chi connectivity index (χ1n) is 5.64. The van der Waals surface area contributed by atoms with Crippen LogP contribution < -0.4 is 10.6 Å². The van der Waals surface area contributed by atoms with E-state index in [1.807, 2.05) is 0 Å². The molecule has 0 aliphatic carbocycles. The predicted octanol–water partition coefficient (Wildman–Crippen LogP) is 1.76. The van der Waals surface area contributed by atoms with E-state index in [1.54, 1.807) is 0 Å². The van der Waals surface area contributed by atoms with Crippen LogP contribution in [0, 0.1) is 5.92 Å². The molecule has 1 aliphatic heterocycles. The number of rotatable bonds is 4. The van der Waals surface area contributed by atoms with Crippen molar-refractivity contribution in [1.82, 2.24) is 10.6 Å². The van der Waals surface area contributed by atoms with Crippen LogP contribution in [-0.4, -0.2) is 25.7 Å². The van der Waals surface area contributed by atoms with Crippen molar-refractivity contribution in [3.63, 3.8) is 0 Å². The summed E-state index contributed by atoms with van der Waals surface area (Å²) in [6.45, 7) is 5.81. The molecule has 13 heavy (non-hydrogen) atoms. The summed E-state index contributed by atoms with van der Waals surface area (Å²) < 4.78 is 0. The highest BCUT2D eigenvalue weighted by Crippen LogP contribution is 2.15. The molecular formula is C11H24N2. The van der Waals surface area contributed by atoms with Gasteiger partial charge in [0.15, 0.2) is 0 Å². The van der Waals surface area contributed by atoms with E-state index in [0.29, 0.717) is 6.04 Å². The molecule has 2 atom stereocenters. The normalized spacial score (nSPS) is 26.3. The van der Waals surface area contributed by atoms with E-state index in [2.05, 4.69) is 31.5 Å². The molecule has 0 saturated carbocycles. The van der Waals surface area contributed by atoms with Crippen LogP contribution in [0.1, 0.15) is 39.5 Å². The largest absolute Gasteiger partial charge is 0.317 e. The molecule has 1 aliphatic rings. The van der Waals surface area contributed by atoms with Crippen LogP contribution in [-0.2, 0) is 0 Å². The molecule has 1 rings (SSSR count). The third-order valence-corrected chi connectivity index (χ3v) is 3.13. The van der Waals surface area contributed by atoms with Gasteiger partial charge >= 0.3 is 0 Å². The van der Waals surface area contributed by atoms with Gasteiger partial charge in [-0.1, -0.05) is 20.3 Å². The fourth-order valence-corrected chi connectivity index (χ4v) is 2.16. The Balaban J connectivity index is 2.27. The maximum absolute atomic E-state index is 3.60. The van der Waals surface area contributed by atoms with Crippen molar-refractivity contribution in [3.8, 4) is 0 Å². The number of nitrogens with one attached hydrogen (secondary N) is 2. The molecule has 0 aromatic carbocycles. The van der Waals surface area contributed by atoms with E-state index in [4.69, 9.17) is 0 Å². The Labute approximate surface area is 82.5 Å². The molecule has 0 spiro atoms. The molecular weight excluding hydrogens is 160 g/mol. The van der Waals surface area contributed by atoms with Crippen LogP contribution in [0.5, 0.6) is 0 Å². The zero-order chi connectivity index (χ0) is 9.68. The highest BCUT2D eigenvalue weighted by atomic mass is 14.9. The van der Waals surface area contributed by atoms with Crippen LogP contribution >= 0.6 is 0 Å². The predicted molar refractivity (Wildman–Crippen MR) is 57.9 cm³/mol. The highest BCUT2D eigenvalue weighted by molar-refractivity contribution is 4.79. The van der Waals surface area contributed by atoms with Crippen molar-refractivity contribution in [3.05, 3.63) is 0 Å². The summed E-state index contributed by atoms with van der Waals surface area (Å²) in [5.41, 5.74) is 0. The van der Waals surface area contributed by atoms with Crippen LogP contribution in [0.25, 0.3) is 0 Å². The Hall–Kier alpha value is -0.0800. The standard InChI is InChI=1S/C11H24N2/c1-9(2)11(12-3)8-10-6-4-5-7-13-10/h9-13H,4-8H2,1-3H3. The molecule has 1 saturated heterocycles. The Morgan fingerprint density at radius 3 is 2.62 bits per heavy atom. The van der Waals surface area contributed by atoms with Gasteiger partial charge in [-0.25, -0.2) is 0 Å². The van der Waals surface area contributed by atoms with Crippen molar-refractivity contribution in [1.29, 1.82) is 0 Å². The summed E-state index contributed by atoms with van der Waals surface area (Å²) in [5, 5.41) is 7.01. The molecule has 2 unspecified atom stereocenters.